The van der Waals surface area contributed by atoms with Gasteiger partial charge in [-0.2, -0.15) is 0 Å². The molecule has 1 N–H and O–H groups in total. The summed E-state index contributed by atoms with van der Waals surface area (Å²) in [7, 11) is 1.59. The van der Waals surface area contributed by atoms with Gasteiger partial charge in [-0.15, -0.1) is 0 Å². The third kappa shape index (κ3) is 1.69. The Kier molecular flexibility index (Phi) is 2.59. The number of benzene rings is 2. The first kappa shape index (κ1) is 11.3. The van der Waals surface area contributed by atoms with Gasteiger partial charge in [0.2, 0.25) is 0 Å². The van der Waals surface area contributed by atoms with Crippen molar-refractivity contribution in [3.05, 3.63) is 51.1 Å². The highest BCUT2D eigenvalue weighted by Crippen LogP contribution is 2.21. The number of H-pyrrole nitrogens is 1. The van der Waals surface area contributed by atoms with E-state index in [-0.39, 0.29) is 5.43 Å². The number of hydrogen-bond acceptors (Lipinski definition) is 2. The van der Waals surface area contributed by atoms with Gasteiger partial charge in [0.1, 0.15) is 5.75 Å². The minimum Gasteiger partial charge on any atom is -0.497 e. The van der Waals surface area contributed by atoms with E-state index in [1.54, 1.807) is 13.2 Å². The minimum atomic E-state index is 0.0187. The SMILES string of the molecule is COc1ccc2[nH]c3cc(Br)ccc3c(=O)c2c1. The molecule has 90 valence electrons. The Labute approximate surface area is 112 Å². The fourth-order valence-corrected chi connectivity index (χ4v) is 2.42. The summed E-state index contributed by atoms with van der Waals surface area (Å²) >= 11 is 3.40. The van der Waals surface area contributed by atoms with Crippen LogP contribution in [0.3, 0.4) is 0 Å². The van der Waals surface area contributed by atoms with Crippen molar-refractivity contribution in [2.75, 3.05) is 7.11 Å². The summed E-state index contributed by atoms with van der Waals surface area (Å²) in [6, 6.07) is 11.0. The average molecular weight is 304 g/mol. The molecule has 0 aliphatic carbocycles. The number of halogens is 1. The Morgan fingerprint density at radius 3 is 2.67 bits per heavy atom. The van der Waals surface area contributed by atoms with Gasteiger partial charge < -0.3 is 9.72 Å². The normalized spacial score (nSPS) is 11.0. The van der Waals surface area contributed by atoms with Gasteiger partial charge in [0.25, 0.3) is 0 Å². The smallest absolute Gasteiger partial charge is 0.197 e. The summed E-state index contributed by atoms with van der Waals surface area (Å²) in [5.74, 6) is 0.685. The fourth-order valence-electron chi connectivity index (χ4n) is 2.06. The molecule has 3 aromatic rings. The summed E-state index contributed by atoms with van der Waals surface area (Å²) in [5, 5.41) is 1.32. The molecule has 2 aromatic carbocycles. The van der Waals surface area contributed by atoms with E-state index in [9.17, 15) is 4.79 Å². The molecule has 0 saturated carbocycles. The predicted molar refractivity (Wildman–Crippen MR) is 76.3 cm³/mol. The second-order valence-corrected chi connectivity index (χ2v) is 4.97. The molecule has 1 aromatic heterocycles. The van der Waals surface area contributed by atoms with Crippen molar-refractivity contribution in [1.29, 1.82) is 0 Å². The number of fused-ring (bicyclic) bond motifs is 2. The predicted octanol–water partition coefficient (Wildman–Crippen LogP) is 3.45. The van der Waals surface area contributed by atoms with E-state index in [1.807, 2.05) is 30.3 Å². The average Bonchev–Trinajstić information content (AvgIpc) is 2.38. The van der Waals surface area contributed by atoms with Crippen molar-refractivity contribution in [1.82, 2.24) is 4.98 Å². The summed E-state index contributed by atoms with van der Waals surface area (Å²) in [6.07, 6.45) is 0. The van der Waals surface area contributed by atoms with Gasteiger partial charge in [-0.1, -0.05) is 15.9 Å². The molecule has 18 heavy (non-hydrogen) atoms. The van der Waals surface area contributed by atoms with Crippen LogP contribution in [0.25, 0.3) is 21.8 Å². The molecule has 1 heterocycles. The lowest BCUT2D eigenvalue weighted by molar-refractivity contribution is 0.415. The zero-order valence-electron chi connectivity index (χ0n) is 9.66. The van der Waals surface area contributed by atoms with E-state index in [0.717, 1.165) is 15.5 Å². The maximum atomic E-state index is 12.4. The largest absolute Gasteiger partial charge is 0.497 e. The van der Waals surface area contributed by atoms with Gasteiger partial charge in [0.05, 0.1) is 18.1 Å². The Bertz CT molecular complexity index is 808. The summed E-state index contributed by atoms with van der Waals surface area (Å²) in [5.41, 5.74) is 1.66. The molecule has 3 rings (SSSR count). The topological polar surface area (TPSA) is 42.1 Å². The number of methoxy groups -OCH3 is 1. The number of nitrogens with one attached hydrogen (secondary N) is 1. The van der Waals surface area contributed by atoms with Gasteiger partial charge in [0, 0.05) is 15.2 Å². The van der Waals surface area contributed by atoms with E-state index >= 15 is 0 Å². The number of rotatable bonds is 1. The third-order valence-corrected chi connectivity index (χ3v) is 3.46. The zero-order valence-corrected chi connectivity index (χ0v) is 11.2. The molecule has 0 unspecified atom stereocenters. The molecule has 0 atom stereocenters. The van der Waals surface area contributed by atoms with Crippen LogP contribution in [0.2, 0.25) is 0 Å². The molecule has 0 radical (unpaired) electrons. The summed E-state index contributed by atoms with van der Waals surface area (Å²) in [4.78, 5) is 15.6. The second-order valence-electron chi connectivity index (χ2n) is 4.06. The number of aromatic amines is 1. The molecule has 0 aliphatic heterocycles. The zero-order chi connectivity index (χ0) is 12.7. The number of aromatic nitrogens is 1. The lowest BCUT2D eigenvalue weighted by Crippen LogP contribution is -2.04. The van der Waals surface area contributed by atoms with Crippen LogP contribution in [-0.4, -0.2) is 12.1 Å². The molecular weight excluding hydrogens is 294 g/mol. The molecule has 0 fully saturated rings. The summed E-state index contributed by atoms with van der Waals surface area (Å²) in [6.45, 7) is 0. The molecule has 0 aliphatic rings. The highest BCUT2D eigenvalue weighted by atomic mass is 79.9. The lowest BCUT2D eigenvalue weighted by Gasteiger charge is -2.05. The van der Waals surface area contributed by atoms with E-state index in [2.05, 4.69) is 20.9 Å². The van der Waals surface area contributed by atoms with E-state index in [0.29, 0.717) is 16.5 Å². The van der Waals surface area contributed by atoms with Crippen LogP contribution in [0.5, 0.6) is 5.75 Å². The van der Waals surface area contributed by atoms with E-state index in [4.69, 9.17) is 4.74 Å². The maximum absolute atomic E-state index is 12.4. The molecule has 0 saturated heterocycles. The Morgan fingerprint density at radius 1 is 1.06 bits per heavy atom. The fraction of sp³-hybridized carbons (Fsp3) is 0.0714. The van der Waals surface area contributed by atoms with Gasteiger partial charge in [-0.3, -0.25) is 4.79 Å². The first-order valence-corrected chi connectivity index (χ1v) is 6.27. The van der Waals surface area contributed by atoms with Gasteiger partial charge in [0.15, 0.2) is 5.43 Å². The van der Waals surface area contributed by atoms with Crippen LogP contribution in [0.15, 0.2) is 45.7 Å². The first-order chi connectivity index (χ1) is 8.69. The molecule has 0 spiro atoms. The quantitative estimate of drug-likeness (QED) is 0.700. The van der Waals surface area contributed by atoms with Crippen molar-refractivity contribution in [2.45, 2.75) is 0 Å². The van der Waals surface area contributed by atoms with Gasteiger partial charge >= 0.3 is 0 Å². The van der Waals surface area contributed by atoms with E-state index in [1.165, 1.54) is 0 Å². The van der Waals surface area contributed by atoms with E-state index < -0.39 is 0 Å². The molecule has 0 bridgehead atoms. The Hall–Kier alpha value is -1.81. The van der Waals surface area contributed by atoms with Crippen LogP contribution in [0, 0.1) is 0 Å². The maximum Gasteiger partial charge on any atom is 0.197 e. The number of pyridine rings is 1. The number of hydrogen-bond donors (Lipinski definition) is 1. The standard InChI is InChI=1S/C14H10BrNO2/c1-18-9-3-5-12-11(7-9)14(17)10-4-2-8(15)6-13(10)16-12/h2-7H,1H3,(H,16,17). The van der Waals surface area contributed by atoms with Crippen LogP contribution in [0.1, 0.15) is 0 Å². The van der Waals surface area contributed by atoms with Crippen molar-refractivity contribution in [3.8, 4) is 5.75 Å². The van der Waals surface area contributed by atoms with Crippen molar-refractivity contribution in [3.63, 3.8) is 0 Å². The van der Waals surface area contributed by atoms with Crippen LogP contribution in [0.4, 0.5) is 0 Å². The monoisotopic (exact) mass is 303 g/mol. The number of ether oxygens (including phenoxy) is 1. The highest BCUT2D eigenvalue weighted by Gasteiger charge is 2.06. The van der Waals surface area contributed by atoms with Crippen molar-refractivity contribution >= 4 is 37.7 Å². The van der Waals surface area contributed by atoms with Crippen LogP contribution >= 0.6 is 15.9 Å². The third-order valence-electron chi connectivity index (χ3n) is 2.97. The molecular formula is C14H10BrNO2. The van der Waals surface area contributed by atoms with Crippen LogP contribution in [-0.2, 0) is 0 Å². The highest BCUT2D eigenvalue weighted by molar-refractivity contribution is 9.10. The Balaban J connectivity index is 2.48. The first-order valence-electron chi connectivity index (χ1n) is 5.48. The Morgan fingerprint density at radius 2 is 1.89 bits per heavy atom. The summed E-state index contributed by atoms with van der Waals surface area (Å²) < 4.78 is 6.09. The van der Waals surface area contributed by atoms with Gasteiger partial charge in [-0.25, -0.2) is 0 Å². The van der Waals surface area contributed by atoms with Crippen LogP contribution < -0.4 is 10.2 Å². The van der Waals surface area contributed by atoms with Gasteiger partial charge in [-0.05, 0) is 36.4 Å². The van der Waals surface area contributed by atoms with Crippen molar-refractivity contribution in [2.24, 2.45) is 0 Å². The van der Waals surface area contributed by atoms with Crippen molar-refractivity contribution < 1.29 is 4.74 Å². The molecule has 3 nitrogen and oxygen atoms in total. The minimum absolute atomic E-state index is 0.0187. The molecule has 4 heteroatoms. The lowest BCUT2D eigenvalue weighted by atomic mass is 10.1. The molecule has 0 amide bonds. The second kappa shape index (κ2) is 4.14.